The number of allylic oxidation sites excluding steroid dienone is 1. The van der Waals surface area contributed by atoms with E-state index in [1.54, 1.807) is 6.92 Å². The van der Waals surface area contributed by atoms with Crippen molar-refractivity contribution >= 4 is 5.97 Å². The molecule has 92 valence electrons. The molecular weight excluding hydrogens is 208 g/mol. The average Bonchev–Trinajstić information content (AvgIpc) is 2.54. The first kappa shape index (κ1) is 13.2. The maximum atomic E-state index is 11.0. The van der Waals surface area contributed by atoms with Gasteiger partial charge in [-0.3, -0.25) is 0 Å². The molecule has 4 heteroatoms. The lowest BCUT2D eigenvalue weighted by molar-refractivity contribution is -0.139. The summed E-state index contributed by atoms with van der Waals surface area (Å²) in [5.74, 6) is -0.748. The van der Waals surface area contributed by atoms with Gasteiger partial charge in [-0.2, -0.15) is 0 Å². The third-order valence-corrected chi connectivity index (χ3v) is 2.26. The highest BCUT2D eigenvalue weighted by Gasteiger charge is 2.31. The third kappa shape index (κ3) is 4.77. The molecule has 1 rings (SSSR count). The van der Waals surface area contributed by atoms with Crippen molar-refractivity contribution in [3.63, 3.8) is 0 Å². The molecule has 4 nitrogen and oxygen atoms in total. The van der Waals surface area contributed by atoms with Gasteiger partial charge in [0.25, 0.3) is 0 Å². The van der Waals surface area contributed by atoms with Gasteiger partial charge in [0.05, 0.1) is 19.3 Å². The summed E-state index contributed by atoms with van der Waals surface area (Å²) in [4.78, 5) is 11.0. The summed E-state index contributed by atoms with van der Waals surface area (Å²) in [5.41, 5.74) is 0. The van der Waals surface area contributed by atoms with Crippen molar-refractivity contribution in [2.24, 2.45) is 0 Å². The van der Waals surface area contributed by atoms with Gasteiger partial charge in [0.2, 0.25) is 0 Å². The molecule has 1 heterocycles. The lowest BCUT2D eigenvalue weighted by atomic mass is 10.2. The molecule has 0 saturated carbocycles. The Hall–Kier alpha value is -0.870. The predicted molar refractivity (Wildman–Crippen MR) is 59.9 cm³/mol. The minimum Gasteiger partial charge on any atom is -0.463 e. The second kappa shape index (κ2) is 6.01. The number of carbonyl (C=O) groups is 1. The van der Waals surface area contributed by atoms with E-state index in [-0.39, 0.29) is 12.1 Å². The average molecular weight is 228 g/mol. The van der Waals surface area contributed by atoms with Crippen LogP contribution in [0.5, 0.6) is 0 Å². The summed E-state index contributed by atoms with van der Waals surface area (Å²) in [6.07, 6.45) is 5.06. The third-order valence-electron chi connectivity index (χ3n) is 2.26. The normalized spacial score (nSPS) is 23.8. The molecule has 16 heavy (non-hydrogen) atoms. The molecular formula is C12H20O4. The fourth-order valence-electron chi connectivity index (χ4n) is 1.56. The minimum absolute atomic E-state index is 0.127. The van der Waals surface area contributed by atoms with E-state index in [0.29, 0.717) is 13.2 Å². The highest BCUT2D eigenvalue weighted by molar-refractivity contribution is 5.81. The maximum Gasteiger partial charge on any atom is 0.330 e. The van der Waals surface area contributed by atoms with E-state index in [4.69, 9.17) is 14.2 Å². The van der Waals surface area contributed by atoms with Crippen LogP contribution in [0.4, 0.5) is 0 Å². The quantitative estimate of drug-likeness (QED) is 0.533. The molecule has 1 atom stereocenters. The maximum absolute atomic E-state index is 11.0. The zero-order valence-corrected chi connectivity index (χ0v) is 10.2. The molecule has 0 bridgehead atoms. The molecule has 0 amide bonds. The summed E-state index contributed by atoms with van der Waals surface area (Å²) in [7, 11) is 0. The summed E-state index contributed by atoms with van der Waals surface area (Å²) < 4.78 is 15.8. The summed E-state index contributed by atoms with van der Waals surface area (Å²) in [5, 5.41) is 0. The van der Waals surface area contributed by atoms with Crippen molar-refractivity contribution in [2.75, 3.05) is 13.2 Å². The van der Waals surface area contributed by atoms with Crippen LogP contribution in [0.2, 0.25) is 0 Å². The molecule has 0 N–H and O–H groups in total. The van der Waals surface area contributed by atoms with Gasteiger partial charge in [-0.1, -0.05) is 6.08 Å². The Morgan fingerprint density at radius 3 is 2.88 bits per heavy atom. The highest BCUT2D eigenvalue weighted by atomic mass is 16.7. The minimum atomic E-state index is -0.463. The molecule has 1 saturated heterocycles. The number of carbonyl (C=O) groups excluding carboxylic acids is 1. The number of rotatable bonds is 5. The van der Waals surface area contributed by atoms with Gasteiger partial charge in [0, 0.05) is 6.08 Å². The van der Waals surface area contributed by atoms with E-state index in [9.17, 15) is 4.79 Å². The first-order chi connectivity index (χ1) is 7.53. The van der Waals surface area contributed by atoms with Crippen molar-refractivity contribution in [1.29, 1.82) is 0 Å². The van der Waals surface area contributed by atoms with Crippen LogP contribution in [0.15, 0.2) is 12.2 Å². The van der Waals surface area contributed by atoms with E-state index in [0.717, 1.165) is 12.8 Å². The van der Waals surface area contributed by atoms with E-state index < -0.39 is 5.79 Å². The Balaban J connectivity index is 2.14. The van der Waals surface area contributed by atoms with Crippen LogP contribution in [-0.2, 0) is 19.0 Å². The second-order valence-electron chi connectivity index (χ2n) is 4.18. The summed E-state index contributed by atoms with van der Waals surface area (Å²) in [6, 6.07) is 0. The van der Waals surface area contributed by atoms with E-state index in [1.165, 1.54) is 6.08 Å². The van der Waals surface area contributed by atoms with Gasteiger partial charge in [-0.15, -0.1) is 0 Å². The zero-order chi connectivity index (χ0) is 12.0. The molecule has 0 unspecified atom stereocenters. The molecule has 0 spiro atoms. The van der Waals surface area contributed by atoms with Gasteiger partial charge in [0.15, 0.2) is 5.79 Å². The van der Waals surface area contributed by atoms with Crippen molar-refractivity contribution in [1.82, 2.24) is 0 Å². The SMILES string of the molecule is CCOC(=O)C=CCC[C@@H]1COC(C)(C)O1. The molecule has 0 aliphatic carbocycles. The number of ether oxygens (including phenoxy) is 3. The monoisotopic (exact) mass is 228 g/mol. The fraction of sp³-hybridized carbons (Fsp3) is 0.750. The standard InChI is InChI=1S/C12H20O4/c1-4-14-11(13)8-6-5-7-10-9-15-12(2,3)16-10/h6,8,10H,4-5,7,9H2,1-3H3/t10-/m1/s1. The Labute approximate surface area is 96.6 Å². The largest absolute Gasteiger partial charge is 0.463 e. The van der Waals surface area contributed by atoms with Crippen molar-refractivity contribution in [3.8, 4) is 0 Å². The first-order valence-electron chi connectivity index (χ1n) is 5.68. The number of hydrogen-bond acceptors (Lipinski definition) is 4. The fourth-order valence-corrected chi connectivity index (χ4v) is 1.56. The molecule has 1 aliphatic rings. The second-order valence-corrected chi connectivity index (χ2v) is 4.18. The molecule has 0 aromatic heterocycles. The van der Waals surface area contributed by atoms with Gasteiger partial charge in [-0.25, -0.2) is 4.79 Å². The van der Waals surface area contributed by atoms with E-state index >= 15 is 0 Å². The van der Waals surface area contributed by atoms with E-state index in [2.05, 4.69) is 0 Å². The van der Waals surface area contributed by atoms with Crippen LogP contribution in [0.25, 0.3) is 0 Å². The molecule has 1 aliphatic heterocycles. The predicted octanol–water partition coefficient (Wildman–Crippen LogP) is 2.04. The van der Waals surface area contributed by atoms with Gasteiger partial charge in [0.1, 0.15) is 0 Å². The Kier molecular flexibility index (Phi) is 4.96. The van der Waals surface area contributed by atoms with Crippen LogP contribution >= 0.6 is 0 Å². The molecule has 0 radical (unpaired) electrons. The van der Waals surface area contributed by atoms with Crippen LogP contribution in [0.1, 0.15) is 33.6 Å². The van der Waals surface area contributed by atoms with Gasteiger partial charge in [-0.05, 0) is 33.6 Å². The van der Waals surface area contributed by atoms with E-state index in [1.807, 2.05) is 19.9 Å². The summed E-state index contributed by atoms with van der Waals surface area (Å²) >= 11 is 0. The molecule has 1 fully saturated rings. The molecule has 0 aromatic rings. The van der Waals surface area contributed by atoms with Crippen molar-refractivity contribution in [2.45, 2.75) is 45.5 Å². The lowest BCUT2D eigenvalue weighted by Gasteiger charge is -2.16. The van der Waals surface area contributed by atoms with Gasteiger partial charge >= 0.3 is 5.97 Å². The first-order valence-corrected chi connectivity index (χ1v) is 5.68. The van der Waals surface area contributed by atoms with Crippen molar-refractivity contribution in [3.05, 3.63) is 12.2 Å². The van der Waals surface area contributed by atoms with Crippen molar-refractivity contribution < 1.29 is 19.0 Å². The number of esters is 1. The Morgan fingerprint density at radius 1 is 1.56 bits per heavy atom. The van der Waals surface area contributed by atoms with Crippen LogP contribution in [0, 0.1) is 0 Å². The summed E-state index contributed by atoms with van der Waals surface area (Å²) in [6.45, 7) is 6.64. The van der Waals surface area contributed by atoms with Crippen LogP contribution in [0.3, 0.4) is 0 Å². The highest BCUT2D eigenvalue weighted by Crippen LogP contribution is 2.24. The smallest absolute Gasteiger partial charge is 0.330 e. The zero-order valence-electron chi connectivity index (χ0n) is 10.2. The Bertz CT molecular complexity index is 258. The molecule has 0 aromatic carbocycles. The number of hydrogen-bond donors (Lipinski definition) is 0. The van der Waals surface area contributed by atoms with Gasteiger partial charge < -0.3 is 14.2 Å². The van der Waals surface area contributed by atoms with Crippen LogP contribution in [-0.4, -0.2) is 31.1 Å². The lowest BCUT2D eigenvalue weighted by Crippen LogP contribution is -2.21. The van der Waals surface area contributed by atoms with Crippen LogP contribution < -0.4 is 0 Å². The topological polar surface area (TPSA) is 44.8 Å². The Morgan fingerprint density at radius 2 is 2.31 bits per heavy atom.